The van der Waals surface area contributed by atoms with Gasteiger partial charge in [-0.1, -0.05) is 30.0 Å². The molecule has 0 aliphatic heterocycles. The van der Waals surface area contributed by atoms with Crippen LogP contribution in [-0.4, -0.2) is 14.9 Å². The van der Waals surface area contributed by atoms with Crippen LogP contribution in [0.5, 0.6) is 0 Å². The van der Waals surface area contributed by atoms with Crippen molar-refractivity contribution in [2.24, 2.45) is 0 Å². The minimum absolute atomic E-state index is 0.108. The number of hydrogen-bond acceptors (Lipinski definition) is 6. The summed E-state index contributed by atoms with van der Waals surface area (Å²) >= 11 is 1.09. The molecule has 0 bridgehead atoms. The monoisotopic (exact) mass is 360 g/mol. The van der Waals surface area contributed by atoms with Crippen LogP contribution in [0, 0.1) is 21.7 Å². The molecule has 3 aromatic rings. The quantitative estimate of drug-likeness (QED) is 0.408. The van der Waals surface area contributed by atoms with E-state index in [1.165, 1.54) is 0 Å². The lowest BCUT2D eigenvalue weighted by atomic mass is 10.3. The van der Waals surface area contributed by atoms with E-state index in [4.69, 9.17) is 0 Å². The summed E-state index contributed by atoms with van der Waals surface area (Å²) in [4.78, 5) is 19.4. The third-order valence-corrected chi connectivity index (χ3v) is 4.11. The number of nitrogens with zero attached hydrogens (tertiary/aromatic N) is 3. The maximum atomic E-state index is 13.8. The highest BCUT2D eigenvalue weighted by Crippen LogP contribution is 2.37. The van der Waals surface area contributed by atoms with Gasteiger partial charge in [0.1, 0.15) is 18.0 Å². The van der Waals surface area contributed by atoms with Gasteiger partial charge in [0.25, 0.3) is 0 Å². The first kappa shape index (κ1) is 16.8. The molecule has 126 valence electrons. The highest BCUT2D eigenvalue weighted by atomic mass is 32.2. The number of rotatable bonds is 5. The molecular formula is C16H10F2N4O2S. The Hall–Kier alpha value is -3.07. The van der Waals surface area contributed by atoms with Crippen molar-refractivity contribution < 1.29 is 13.7 Å². The van der Waals surface area contributed by atoms with Crippen molar-refractivity contribution >= 4 is 29.0 Å². The molecule has 3 rings (SSSR count). The fourth-order valence-corrected chi connectivity index (χ4v) is 2.90. The topological polar surface area (TPSA) is 81.0 Å². The Labute approximate surface area is 145 Å². The van der Waals surface area contributed by atoms with E-state index in [-0.39, 0.29) is 22.2 Å². The zero-order valence-electron chi connectivity index (χ0n) is 12.5. The predicted octanol–water partition coefficient (Wildman–Crippen LogP) is 4.56. The molecule has 2 aromatic carbocycles. The Kier molecular flexibility index (Phi) is 4.85. The first-order chi connectivity index (χ1) is 12.0. The number of aromatic nitrogens is 2. The standard InChI is InChI=1S/C16H10F2N4O2S/c17-10-6-7-13(12(18)8-10)21-15-14(22(23)24)16(20-9-19-15)25-11-4-2-1-3-5-11/h1-9H,(H,19,20,21). The van der Waals surface area contributed by atoms with Gasteiger partial charge in [-0.15, -0.1) is 0 Å². The van der Waals surface area contributed by atoms with Gasteiger partial charge >= 0.3 is 5.69 Å². The summed E-state index contributed by atoms with van der Waals surface area (Å²) in [5, 5.41) is 14.1. The fraction of sp³-hybridized carbons (Fsp3) is 0. The molecule has 0 unspecified atom stereocenters. The molecule has 0 aliphatic carbocycles. The van der Waals surface area contributed by atoms with Gasteiger partial charge in [0.15, 0.2) is 5.03 Å². The van der Waals surface area contributed by atoms with E-state index in [2.05, 4.69) is 15.3 Å². The Balaban J connectivity index is 1.99. The maximum Gasteiger partial charge on any atom is 0.343 e. The first-order valence-electron chi connectivity index (χ1n) is 6.99. The van der Waals surface area contributed by atoms with Crippen LogP contribution in [0.4, 0.5) is 26.0 Å². The summed E-state index contributed by atoms with van der Waals surface area (Å²) in [5.74, 6) is -1.81. The summed E-state index contributed by atoms with van der Waals surface area (Å²) < 4.78 is 26.8. The third-order valence-electron chi connectivity index (χ3n) is 3.11. The largest absolute Gasteiger partial charge is 0.343 e. The molecule has 0 aliphatic rings. The zero-order valence-corrected chi connectivity index (χ0v) is 13.3. The molecule has 0 radical (unpaired) electrons. The van der Waals surface area contributed by atoms with Crippen molar-refractivity contribution in [2.75, 3.05) is 5.32 Å². The van der Waals surface area contributed by atoms with E-state index in [1.54, 1.807) is 24.3 Å². The molecule has 0 saturated carbocycles. The van der Waals surface area contributed by atoms with Crippen molar-refractivity contribution in [1.82, 2.24) is 9.97 Å². The van der Waals surface area contributed by atoms with E-state index in [9.17, 15) is 18.9 Å². The van der Waals surface area contributed by atoms with Gasteiger partial charge in [0.2, 0.25) is 5.82 Å². The lowest BCUT2D eigenvalue weighted by Gasteiger charge is -2.09. The van der Waals surface area contributed by atoms with Gasteiger partial charge in [-0.2, -0.15) is 0 Å². The Morgan fingerprint density at radius 1 is 1.08 bits per heavy atom. The molecule has 1 heterocycles. The summed E-state index contributed by atoms with van der Waals surface area (Å²) in [6.45, 7) is 0. The van der Waals surface area contributed by atoms with Gasteiger partial charge < -0.3 is 5.32 Å². The van der Waals surface area contributed by atoms with Gasteiger partial charge in [-0.25, -0.2) is 18.7 Å². The molecule has 1 aromatic heterocycles. The molecule has 0 spiro atoms. The van der Waals surface area contributed by atoms with E-state index < -0.39 is 16.6 Å². The second-order valence-corrected chi connectivity index (χ2v) is 5.86. The summed E-state index contributed by atoms with van der Waals surface area (Å²) in [7, 11) is 0. The van der Waals surface area contributed by atoms with Crippen LogP contribution < -0.4 is 5.32 Å². The third kappa shape index (κ3) is 3.89. The number of hydrogen-bond donors (Lipinski definition) is 1. The van der Waals surface area contributed by atoms with Crippen LogP contribution in [0.25, 0.3) is 0 Å². The van der Waals surface area contributed by atoms with Crippen molar-refractivity contribution in [3.63, 3.8) is 0 Å². The van der Waals surface area contributed by atoms with Crippen LogP contribution in [0.2, 0.25) is 0 Å². The molecule has 0 fully saturated rings. The Morgan fingerprint density at radius 3 is 2.52 bits per heavy atom. The number of anilines is 2. The van der Waals surface area contributed by atoms with Crippen molar-refractivity contribution in [1.29, 1.82) is 0 Å². The number of halogens is 2. The predicted molar refractivity (Wildman–Crippen MR) is 88.9 cm³/mol. The molecule has 0 saturated heterocycles. The number of nitro groups is 1. The summed E-state index contributed by atoms with van der Waals surface area (Å²) in [6, 6.07) is 11.8. The minimum atomic E-state index is -0.884. The minimum Gasteiger partial charge on any atom is -0.332 e. The lowest BCUT2D eigenvalue weighted by molar-refractivity contribution is -0.387. The van der Waals surface area contributed by atoms with Crippen molar-refractivity contribution in [2.45, 2.75) is 9.92 Å². The number of nitrogens with one attached hydrogen (secondary N) is 1. The van der Waals surface area contributed by atoms with Gasteiger partial charge in [-0.3, -0.25) is 10.1 Å². The molecule has 25 heavy (non-hydrogen) atoms. The van der Waals surface area contributed by atoms with E-state index in [1.807, 2.05) is 6.07 Å². The summed E-state index contributed by atoms with van der Waals surface area (Å²) in [6.07, 6.45) is 1.14. The maximum absolute atomic E-state index is 13.8. The Morgan fingerprint density at radius 2 is 1.84 bits per heavy atom. The van der Waals surface area contributed by atoms with Crippen molar-refractivity contribution in [3.05, 3.63) is 76.6 Å². The second-order valence-electron chi connectivity index (χ2n) is 4.80. The molecule has 9 heteroatoms. The smallest absolute Gasteiger partial charge is 0.332 e. The highest BCUT2D eigenvalue weighted by Gasteiger charge is 2.24. The lowest BCUT2D eigenvalue weighted by Crippen LogP contribution is -2.04. The number of benzene rings is 2. The van der Waals surface area contributed by atoms with Gasteiger partial charge in [0.05, 0.1) is 10.6 Å². The molecule has 0 amide bonds. The first-order valence-corrected chi connectivity index (χ1v) is 7.80. The van der Waals surface area contributed by atoms with E-state index in [0.717, 1.165) is 35.1 Å². The molecular weight excluding hydrogens is 350 g/mol. The Bertz CT molecular complexity index is 925. The average molecular weight is 360 g/mol. The van der Waals surface area contributed by atoms with Crippen molar-refractivity contribution in [3.8, 4) is 0 Å². The summed E-state index contributed by atoms with van der Waals surface area (Å²) in [5.41, 5.74) is -0.515. The fourth-order valence-electron chi connectivity index (χ4n) is 2.01. The van der Waals surface area contributed by atoms with Crippen LogP contribution in [-0.2, 0) is 0 Å². The molecule has 1 N–H and O–H groups in total. The van der Waals surface area contributed by atoms with Crippen LogP contribution >= 0.6 is 11.8 Å². The second kappa shape index (κ2) is 7.22. The average Bonchev–Trinajstić information content (AvgIpc) is 2.58. The van der Waals surface area contributed by atoms with E-state index in [0.29, 0.717) is 6.07 Å². The van der Waals surface area contributed by atoms with Crippen LogP contribution in [0.1, 0.15) is 0 Å². The SMILES string of the molecule is O=[N+]([O-])c1c(Nc2ccc(F)cc2F)ncnc1Sc1ccccc1. The normalized spacial score (nSPS) is 10.5. The van der Waals surface area contributed by atoms with Gasteiger partial charge in [0, 0.05) is 11.0 Å². The molecule has 6 nitrogen and oxygen atoms in total. The highest BCUT2D eigenvalue weighted by molar-refractivity contribution is 7.99. The zero-order chi connectivity index (χ0) is 17.8. The van der Waals surface area contributed by atoms with Crippen LogP contribution in [0.3, 0.4) is 0 Å². The van der Waals surface area contributed by atoms with Crippen LogP contribution in [0.15, 0.2) is 64.8 Å². The van der Waals surface area contributed by atoms with Gasteiger partial charge in [-0.05, 0) is 24.3 Å². The van der Waals surface area contributed by atoms with E-state index >= 15 is 0 Å². The molecule has 0 atom stereocenters.